The first kappa shape index (κ1) is 21.1. The number of carbonyl (C=O) groups is 3. The van der Waals surface area contributed by atoms with E-state index in [9.17, 15) is 24.5 Å². The van der Waals surface area contributed by atoms with Gasteiger partial charge in [0.25, 0.3) is 0 Å². The van der Waals surface area contributed by atoms with Gasteiger partial charge in [-0.3, -0.25) is 14.9 Å². The number of rotatable bonds is 9. The minimum atomic E-state index is -2.37. The Labute approximate surface area is 150 Å². The van der Waals surface area contributed by atoms with Crippen LogP contribution >= 0.6 is 0 Å². The molecule has 0 aliphatic heterocycles. The average molecular weight is 366 g/mol. The summed E-state index contributed by atoms with van der Waals surface area (Å²) in [6.07, 6.45) is 0. The molecular weight excluding hydrogens is 344 g/mol. The first-order valence-corrected chi connectivity index (χ1v) is 8.09. The van der Waals surface area contributed by atoms with Crippen molar-refractivity contribution in [1.29, 1.82) is 0 Å². The third-order valence-corrected chi connectivity index (χ3v) is 3.62. The zero-order valence-electron chi connectivity index (χ0n) is 14.9. The number of nitrogens with one attached hydrogen (secondary N) is 1. The van der Waals surface area contributed by atoms with Gasteiger partial charge in [0.15, 0.2) is 0 Å². The van der Waals surface area contributed by atoms with Crippen LogP contribution in [0.15, 0.2) is 30.3 Å². The molecule has 0 saturated carbocycles. The molecule has 0 aliphatic carbocycles. The Kier molecular flexibility index (Phi) is 7.70. The Morgan fingerprint density at radius 1 is 1.12 bits per heavy atom. The van der Waals surface area contributed by atoms with Gasteiger partial charge in [-0.1, -0.05) is 30.3 Å². The van der Waals surface area contributed by atoms with Crippen LogP contribution in [0.25, 0.3) is 0 Å². The molecule has 26 heavy (non-hydrogen) atoms. The Hall–Kier alpha value is -2.97. The largest absolute Gasteiger partial charge is 0.464 e. The van der Waals surface area contributed by atoms with Crippen molar-refractivity contribution in [2.45, 2.75) is 32.2 Å². The van der Waals surface area contributed by atoms with Crippen LogP contribution in [-0.4, -0.2) is 48.1 Å². The van der Waals surface area contributed by atoms with Crippen molar-refractivity contribution in [2.24, 2.45) is 0 Å². The number of nitrogens with zero attached hydrogens (tertiary/aromatic N) is 1. The second-order valence-electron chi connectivity index (χ2n) is 5.41. The van der Waals surface area contributed by atoms with Crippen LogP contribution in [0.3, 0.4) is 0 Å². The van der Waals surface area contributed by atoms with Crippen molar-refractivity contribution >= 4 is 17.8 Å². The number of hydrogen-bond donors (Lipinski definition) is 1. The fourth-order valence-corrected chi connectivity index (χ4v) is 2.65. The maximum absolute atomic E-state index is 12.8. The summed E-state index contributed by atoms with van der Waals surface area (Å²) >= 11 is 0. The molecule has 0 saturated heterocycles. The van der Waals surface area contributed by atoms with Crippen molar-refractivity contribution in [1.82, 2.24) is 5.32 Å². The average Bonchev–Trinajstić information content (AvgIpc) is 2.58. The lowest BCUT2D eigenvalue weighted by atomic mass is 9.78. The molecule has 1 amide bonds. The minimum Gasteiger partial charge on any atom is -0.464 e. The number of esters is 2. The molecule has 0 aliphatic rings. The fourth-order valence-electron chi connectivity index (χ4n) is 2.65. The van der Waals surface area contributed by atoms with Gasteiger partial charge in [-0.25, -0.2) is 9.59 Å². The lowest BCUT2D eigenvalue weighted by Crippen LogP contribution is -2.65. The molecular formula is C17H22N2O7. The molecule has 0 aromatic heterocycles. The van der Waals surface area contributed by atoms with Crippen LogP contribution in [0.2, 0.25) is 0 Å². The van der Waals surface area contributed by atoms with Gasteiger partial charge in [0, 0.05) is 11.8 Å². The molecule has 1 atom stereocenters. The van der Waals surface area contributed by atoms with Crippen LogP contribution in [0.4, 0.5) is 0 Å². The van der Waals surface area contributed by atoms with E-state index in [-0.39, 0.29) is 13.2 Å². The van der Waals surface area contributed by atoms with Crippen molar-refractivity contribution < 1.29 is 28.8 Å². The van der Waals surface area contributed by atoms with E-state index in [4.69, 9.17) is 9.47 Å². The normalized spacial score (nSPS) is 12.0. The van der Waals surface area contributed by atoms with E-state index in [0.717, 1.165) is 6.92 Å². The maximum atomic E-state index is 12.8. The number of nitro groups is 1. The predicted octanol–water partition coefficient (Wildman–Crippen LogP) is 1.05. The number of benzene rings is 1. The molecule has 0 heterocycles. The lowest BCUT2D eigenvalue weighted by Gasteiger charge is -2.34. The summed E-state index contributed by atoms with van der Waals surface area (Å²) in [6.45, 7) is 3.18. The van der Waals surface area contributed by atoms with Crippen molar-refractivity contribution in [3.8, 4) is 0 Å². The molecule has 1 aromatic carbocycles. The van der Waals surface area contributed by atoms with Gasteiger partial charge in [0.1, 0.15) is 0 Å². The Morgan fingerprint density at radius 2 is 1.62 bits per heavy atom. The SMILES string of the molecule is CCOC(=O)C(NC(C)=O)(C(=O)OCC)C(C[N+](=O)[O-])c1ccccc1. The molecule has 0 fully saturated rings. The first-order valence-electron chi connectivity index (χ1n) is 8.09. The summed E-state index contributed by atoms with van der Waals surface area (Å²) < 4.78 is 9.97. The van der Waals surface area contributed by atoms with Gasteiger partial charge in [0.2, 0.25) is 18.0 Å². The molecule has 1 rings (SSSR count). The van der Waals surface area contributed by atoms with Crippen molar-refractivity contribution in [3.63, 3.8) is 0 Å². The highest BCUT2D eigenvalue weighted by molar-refractivity contribution is 6.09. The summed E-state index contributed by atoms with van der Waals surface area (Å²) in [7, 11) is 0. The molecule has 0 bridgehead atoms. The van der Waals surface area contributed by atoms with E-state index in [2.05, 4.69) is 5.32 Å². The lowest BCUT2D eigenvalue weighted by molar-refractivity contribution is -0.484. The fraction of sp³-hybridized carbons (Fsp3) is 0.471. The van der Waals surface area contributed by atoms with Gasteiger partial charge in [-0.15, -0.1) is 0 Å². The monoisotopic (exact) mass is 366 g/mol. The van der Waals surface area contributed by atoms with Crippen LogP contribution in [0.5, 0.6) is 0 Å². The number of amides is 1. The molecule has 0 radical (unpaired) electrons. The quantitative estimate of drug-likeness (QED) is 0.300. The van der Waals surface area contributed by atoms with E-state index >= 15 is 0 Å². The highest BCUT2D eigenvalue weighted by Gasteiger charge is 2.58. The first-order chi connectivity index (χ1) is 12.3. The highest BCUT2D eigenvalue weighted by Crippen LogP contribution is 2.32. The molecule has 1 aromatic rings. The molecule has 9 nitrogen and oxygen atoms in total. The molecule has 9 heteroatoms. The zero-order valence-corrected chi connectivity index (χ0v) is 14.9. The highest BCUT2D eigenvalue weighted by atomic mass is 16.6. The number of carbonyl (C=O) groups excluding carboxylic acids is 3. The van der Waals surface area contributed by atoms with Crippen molar-refractivity contribution in [2.75, 3.05) is 19.8 Å². The number of hydrogen-bond acceptors (Lipinski definition) is 7. The predicted molar refractivity (Wildman–Crippen MR) is 90.9 cm³/mol. The minimum absolute atomic E-state index is 0.0838. The van der Waals surface area contributed by atoms with E-state index in [1.165, 1.54) is 26.0 Å². The second kappa shape index (κ2) is 9.50. The Morgan fingerprint density at radius 3 is 2.00 bits per heavy atom. The van der Waals surface area contributed by atoms with E-state index in [1.54, 1.807) is 18.2 Å². The third kappa shape index (κ3) is 4.78. The topological polar surface area (TPSA) is 125 Å². The molecule has 0 spiro atoms. The summed E-state index contributed by atoms with van der Waals surface area (Å²) in [6, 6.07) is 7.96. The van der Waals surface area contributed by atoms with Crippen LogP contribution in [0.1, 0.15) is 32.3 Å². The van der Waals surface area contributed by atoms with Crippen molar-refractivity contribution in [3.05, 3.63) is 46.0 Å². The van der Waals surface area contributed by atoms with Crippen LogP contribution < -0.4 is 5.32 Å². The molecule has 142 valence electrons. The van der Waals surface area contributed by atoms with Gasteiger partial charge >= 0.3 is 11.9 Å². The van der Waals surface area contributed by atoms with E-state index < -0.39 is 40.8 Å². The summed E-state index contributed by atoms with van der Waals surface area (Å²) in [5.41, 5.74) is -2.05. The Bertz CT molecular complexity index is 642. The second-order valence-corrected chi connectivity index (χ2v) is 5.41. The van der Waals surface area contributed by atoms with Crippen LogP contribution in [-0.2, 0) is 23.9 Å². The summed E-state index contributed by atoms with van der Waals surface area (Å²) in [5.74, 6) is -4.26. The van der Waals surface area contributed by atoms with Gasteiger partial charge in [-0.05, 0) is 19.4 Å². The van der Waals surface area contributed by atoms with E-state index in [1.807, 2.05) is 0 Å². The van der Waals surface area contributed by atoms with Gasteiger partial charge < -0.3 is 14.8 Å². The Balaban J connectivity index is 3.66. The number of ether oxygens (including phenoxy) is 2. The molecule has 1 N–H and O–H groups in total. The van der Waals surface area contributed by atoms with Gasteiger partial charge in [0.05, 0.1) is 19.1 Å². The summed E-state index contributed by atoms with van der Waals surface area (Å²) in [4.78, 5) is 47.9. The van der Waals surface area contributed by atoms with Gasteiger partial charge in [-0.2, -0.15) is 0 Å². The standard InChI is InChI=1S/C17H22N2O7/c1-4-25-15(21)17(18-12(3)20,16(22)26-5-2)14(11-19(23)24)13-9-7-6-8-10-13/h6-10,14H,4-5,11H2,1-3H3,(H,18,20). The molecule has 1 unspecified atom stereocenters. The van der Waals surface area contributed by atoms with Crippen LogP contribution in [0, 0.1) is 10.1 Å². The maximum Gasteiger partial charge on any atom is 0.344 e. The van der Waals surface area contributed by atoms with E-state index in [0.29, 0.717) is 5.56 Å². The smallest absolute Gasteiger partial charge is 0.344 e. The summed E-state index contributed by atoms with van der Waals surface area (Å²) in [5, 5.41) is 13.5. The zero-order chi connectivity index (χ0) is 19.7. The third-order valence-electron chi connectivity index (χ3n) is 3.62.